The van der Waals surface area contributed by atoms with Crippen molar-refractivity contribution in [2.45, 2.75) is 44.6 Å². The lowest BCUT2D eigenvalue weighted by molar-refractivity contribution is 0.0953. The van der Waals surface area contributed by atoms with E-state index in [4.69, 9.17) is 11.6 Å². The number of nitrogens with one attached hydrogen (secondary N) is 3. The van der Waals surface area contributed by atoms with Gasteiger partial charge in [0, 0.05) is 37.9 Å². The van der Waals surface area contributed by atoms with E-state index in [0.717, 1.165) is 6.54 Å². The van der Waals surface area contributed by atoms with Crippen molar-refractivity contribution in [1.82, 2.24) is 16.0 Å². The molecule has 0 aromatic heterocycles. The Balaban J connectivity index is 1.51. The van der Waals surface area contributed by atoms with Gasteiger partial charge in [-0.15, -0.1) is 0 Å². The molecule has 1 aromatic rings. The number of amides is 3. The Morgan fingerprint density at radius 3 is 2.65 bits per heavy atom. The topological polar surface area (TPSA) is 73.5 Å². The zero-order valence-corrected chi connectivity index (χ0v) is 15.8. The second-order valence-corrected chi connectivity index (χ2v) is 7.35. The Morgan fingerprint density at radius 2 is 1.96 bits per heavy atom. The Labute approximate surface area is 159 Å². The molecule has 3 rings (SSSR count). The number of halogens is 1. The summed E-state index contributed by atoms with van der Waals surface area (Å²) in [5.74, 6) is -0.209. The lowest BCUT2D eigenvalue weighted by Gasteiger charge is -2.17. The van der Waals surface area contributed by atoms with Gasteiger partial charge in [-0.2, -0.15) is 0 Å². The number of benzene rings is 1. The van der Waals surface area contributed by atoms with Crippen molar-refractivity contribution in [1.29, 1.82) is 0 Å². The lowest BCUT2D eigenvalue weighted by atomic mass is 10.1. The number of hydrogen-bond donors (Lipinski definition) is 3. The Hall–Kier alpha value is -1.79. The lowest BCUT2D eigenvalue weighted by Crippen LogP contribution is -2.37. The molecule has 0 spiro atoms. The minimum absolute atomic E-state index is 0.147. The van der Waals surface area contributed by atoms with Crippen LogP contribution in [-0.2, 0) is 0 Å². The van der Waals surface area contributed by atoms with Crippen molar-refractivity contribution >= 4 is 29.2 Å². The number of rotatable bonds is 6. The Bertz CT molecular complexity index is 644. The molecule has 142 valence electrons. The monoisotopic (exact) mass is 378 g/mol. The van der Waals surface area contributed by atoms with Gasteiger partial charge < -0.3 is 16.0 Å². The summed E-state index contributed by atoms with van der Waals surface area (Å²) in [7, 11) is 0. The minimum atomic E-state index is -0.209. The van der Waals surface area contributed by atoms with Crippen molar-refractivity contribution in [3.8, 4) is 0 Å². The van der Waals surface area contributed by atoms with Gasteiger partial charge in [-0.25, -0.2) is 4.79 Å². The number of carbonyl (C=O) groups is 2. The molecule has 7 heteroatoms. The summed E-state index contributed by atoms with van der Waals surface area (Å²) in [5, 5.41) is 9.60. The molecule has 1 aliphatic carbocycles. The van der Waals surface area contributed by atoms with Gasteiger partial charge in [-0.1, -0.05) is 37.3 Å². The summed E-state index contributed by atoms with van der Waals surface area (Å²) in [6.07, 6.45) is 7.68. The summed E-state index contributed by atoms with van der Waals surface area (Å²) in [6, 6.07) is 5.53. The van der Waals surface area contributed by atoms with E-state index in [9.17, 15) is 9.59 Å². The van der Waals surface area contributed by atoms with Gasteiger partial charge in [0.25, 0.3) is 5.91 Å². The van der Waals surface area contributed by atoms with E-state index in [0.29, 0.717) is 41.9 Å². The van der Waals surface area contributed by atoms with Crippen LogP contribution < -0.4 is 20.9 Å². The minimum Gasteiger partial charge on any atom is -0.351 e. The van der Waals surface area contributed by atoms with E-state index in [-0.39, 0.29) is 11.9 Å². The maximum atomic E-state index is 12.5. The van der Waals surface area contributed by atoms with Crippen LogP contribution in [0.15, 0.2) is 18.2 Å². The largest absolute Gasteiger partial charge is 0.351 e. The Kier molecular flexibility index (Phi) is 6.74. The predicted molar refractivity (Wildman–Crippen MR) is 104 cm³/mol. The second-order valence-electron chi connectivity index (χ2n) is 6.95. The van der Waals surface area contributed by atoms with Gasteiger partial charge >= 0.3 is 6.03 Å². The fraction of sp³-hybridized carbons (Fsp3) is 0.579. The van der Waals surface area contributed by atoms with Crippen LogP contribution in [0.3, 0.4) is 0 Å². The van der Waals surface area contributed by atoms with E-state index in [2.05, 4.69) is 16.0 Å². The average Bonchev–Trinajstić information content (AvgIpc) is 2.90. The molecule has 26 heavy (non-hydrogen) atoms. The molecule has 0 bridgehead atoms. The van der Waals surface area contributed by atoms with Crippen molar-refractivity contribution in [3.63, 3.8) is 0 Å². The fourth-order valence-electron chi connectivity index (χ4n) is 3.60. The molecule has 1 heterocycles. The van der Waals surface area contributed by atoms with Crippen LogP contribution >= 0.6 is 11.6 Å². The van der Waals surface area contributed by atoms with Crippen molar-refractivity contribution in [2.24, 2.45) is 0 Å². The van der Waals surface area contributed by atoms with Crippen molar-refractivity contribution in [3.05, 3.63) is 28.8 Å². The molecule has 0 unspecified atom stereocenters. The van der Waals surface area contributed by atoms with Crippen LogP contribution in [-0.4, -0.2) is 44.2 Å². The molecule has 3 amide bonds. The summed E-state index contributed by atoms with van der Waals surface area (Å²) in [5.41, 5.74) is 1.09. The first-order chi connectivity index (χ1) is 12.6. The SMILES string of the molecule is O=C(NCCNC1CCCCCC1)c1cc(N2CCNC2=O)ccc1Cl. The molecule has 0 radical (unpaired) electrons. The molecule has 1 aromatic carbocycles. The van der Waals surface area contributed by atoms with E-state index >= 15 is 0 Å². The highest BCUT2D eigenvalue weighted by molar-refractivity contribution is 6.34. The van der Waals surface area contributed by atoms with Gasteiger partial charge in [-0.05, 0) is 31.0 Å². The number of anilines is 1. The molecule has 1 aliphatic heterocycles. The van der Waals surface area contributed by atoms with E-state index in [1.165, 1.54) is 38.5 Å². The van der Waals surface area contributed by atoms with Crippen molar-refractivity contribution < 1.29 is 9.59 Å². The van der Waals surface area contributed by atoms with Crippen molar-refractivity contribution in [2.75, 3.05) is 31.1 Å². The molecular weight excluding hydrogens is 352 g/mol. The molecule has 6 nitrogen and oxygen atoms in total. The smallest absolute Gasteiger partial charge is 0.321 e. The van der Waals surface area contributed by atoms with Gasteiger partial charge in [-0.3, -0.25) is 9.69 Å². The molecule has 2 aliphatic rings. The summed E-state index contributed by atoms with van der Waals surface area (Å²) in [6.45, 7) is 2.50. The van der Waals surface area contributed by atoms with Gasteiger partial charge in [0.05, 0.1) is 10.6 Å². The van der Waals surface area contributed by atoms with Gasteiger partial charge in [0.1, 0.15) is 0 Å². The van der Waals surface area contributed by atoms with Crippen LogP contribution in [0.25, 0.3) is 0 Å². The normalized spacial score (nSPS) is 18.5. The maximum Gasteiger partial charge on any atom is 0.321 e. The highest BCUT2D eigenvalue weighted by atomic mass is 35.5. The van der Waals surface area contributed by atoms with E-state index < -0.39 is 0 Å². The zero-order chi connectivity index (χ0) is 18.4. The fourth-order valence-corrected chi connectivity index (χ4v) is 3.81. The quantitative estimate of drug-likeness (QED) is 0.526. The standard InChI is InChI=1S/C19H27ClN4O2/c20-17-8-7-15(24-12-11-23-19(24)26)13-16(17)18(25)22-10-9-21-14-5-3-1-2-4-6-14/h7-8,13-14,21H,1-6,9-12H2,(H,22,25)(H,23,26). The summed E-state index contributed by atoms with van der Waals surface area (Å²) in [4.78, 5) is 25.9. The molecular formula is C19H27ClN4O2. The van der Waals surface area contributed by atoms with Gasteiger partial charge in [0.2, 0.25) is 0 Å². The summed E-state index contributed by atoms with van der Waals surface area (Å²) >= 11 is 6.19. The molecule has 3 N–H and O–H groups in total. The molecule has 1 saturated heterocycles. The predicted octanol–water partition coefficient (Wildman–Crippen LogP) is 2.91. The highest BCUT2D eigenvalue weighted by Gasteiger charge is 2.22. The van der Waals surface area contributed by atoms with Crippen LogP contribution in [0.1, 0.15) is 48.9 Å². The average molecular weight is 379 g/mol. The number of nitrogens with zero attached hydrogens (tertiary/aromatic N) is 1. The van der Waals surface area contributed by atoms with Crippen LogP contribution in [0.2, 0.25) is 5.02 Å². The third-order valence-corrected chi connectivity index (χ3v) is 5.39. The van der Waals surface area contributed by atoms with E-state index in [1.54, 1.807) is 23.1 Å². The first-order valence-corrected chi connectivity index (χ1v) is 9.89. The molecule has 0 atom stereocenters. The third-order valence-electron chi connectivity index (χ3n) is 5.06. The zero-order valence-electron chi connectivity index (χ0n) is 15.0. The number of urea groups is 1. The third kappa shape index (κ3) is 4.89. The van der Waals surface area contributed by atoms with E-state index in [1.807, 2.05) is 0 Å². The number of carbonyl (C=O) groups excluding carboxylic acids is 2. The second kappa shape index (κ2) is 9.24. The number of hydrogen-bond acceptors (Lipinski definition) is 3. The van der Waals surface area contributed by atoms with Gasteiger partial charge in [0.15, 0.2) is 0 Å². The van der Waals surface area contributed by atoms with Crippen LogP contribution in [0, 0.1) is 0 Å². The maximum absolute atomic E-state index is 12.5. The first kappa shape index (κ1) is 19.0. The first-order valence-electron chi connectivity index (χ1n) is 9.51. The van der Waals surface area contributed by atoms with Crippen LogP contribution in [0.4, 0.5) is 10.5 Å². The molecule has 2 fully saturated rings. The highest BCUT2D eigenvalue weighted by Crippen LogP contribution is 2.24. The summed E-state index contributed by atoms with van der Waals surface area (Å²) < 4.78 is 0. The molecule has 1 saturated carbocycles. The van der Waals surface area contributed by atoms with Crippen LogP contribution in [0.5, 0.6) is 0 Å². The Morgan fingerprint density at radius 1 is 1.19 bits per heavy atom.